The van der Waals surface area contributed by atoms with Crippen molar-refractivity contribution in [3.63, 3.8) is 0 Å². The molecule has 0 amide bonds. The standard InChI is InChI=1S/C24H23O3P.C16H20O6.C10H12O4.CH4O/c1-2-27-24(26)18-20(25)19-28(21-12-6-3-7-13-21,22-14-8-4-9-15-22)23-16-10-5-11-17-23;1-5-22-14(18)10-12(17)8-6-11-7-9-13(19-2)16(21-4)15(11)20-3;1-12-8-5-4-7(6-11)9(13-2)10(8)14-3;1-2/h3-17,19H,2,18H2,1H3;6-9H,5,10H2,1-4H3;4-6H,1-3H3;2H,1H3/b;8-6+;;. The van der Waals surface area contributed by atoms with Crippen molar-refractivity contribution in [2.45, 2.75) is 26.7 Å². The zero-order chi connectivity index (χ0) is 48.9. The minimum absolute atomic E-state index is 0.219. The van der Waals surface area contributed by atoms with E-state index in [0.29, 0.717) is 51.9 Å². The van der Waals surface area contributed by atoms with Crippen LogP contribution in [0.1, 0.15) is 42.6 Å². The molecule has 0 fully saturated rings. The number of ether oxygens (including phenoxy) is 8. The van der Waals surface area contributed by atoms with E-state index in [-0.39, 0.29) is 37.6 Å². The number of carbonyl (C=O) groups is 5. The van der Waals surface area contributed by atoms with Gasteiger partial charge in [0, 0.05) is 12.7 Å². The summed E-state index contributed by atoms with van der Waals surface area (Å²) >= 11 is 0. The first kappa shape index (κ1) is 55.0. The maximum atomic E-state index is 12.9. The van der Waals surface area contributed by atoms with Crippen LogP contribution in [0.5, 0.6) is 34.5 Å². The lowest BCUT2D eigenvalue weighted by molar-refractivity contribution is -0.146. The van der Waals surface area contributed by atoms with Gasteiger partial charge >= 0.3 is 11.9 Å². The molecule has 0 aliphatic heterocycles. The van der Waals surface area contributed by atoms with Crippen molar-refractivity contribution in [2.24, 2.45) is 0 Å². The Kier molecular flexibility index (Phi) is 25.1. The largest absolute Gasteiger partial charge is 0.493 e. The number of benzene rings is 5. The highest BCUT2D eigenvalue weighted by molar-refractivity contribution is 7.95. The highest BCUT2D eigenvalue weighted by Gasteiger charge is 2.27. The Morgan fingerprint density at radius 2 is 0.848 bits per heavy atom. The van der Waals surface area contributed by atoms with Gasteiger partial charge < -0.3 is 43.0 Å². The Morgan fingerprint density at radius 1 is 0.485 bits per heavy atom. The van der Waals surface area contributed by atoms with Gasteiger partial charge in [-0.05, 0) is 78.9 Å². The normalized spacial score (nSPS) is 10.2. The summed E-state index contributed by atoms with van der Waals surface area (Å²) in [6.07, 6.45) is 3.03. The smallest absolute Gasteiger partial charge is 0.313 e. The lowest BCUT2D eigenvalue weighted by Crippen LogP contribution is -2.29. The van der Waals surface area contributed by atoms with Gasteiger partial charge in [-0.1, -0.05) is 91.0 Å². The molecule has 0 saturated heterocycles. The van der Waals surface area contributed by atoms with Crippen LogP contribution in [-0.2, 0) is 28.7 Å². The molecule has 0 aromatic heterocycles. The van der Waals surface area contributed by atoms with Crippen LogP contribution in [-0.4, -0.2) is 104 Å². The van der Waals surface area contributed by atoms with E-state index >= 15 is 0 Å². The molecule has 0 spiro atoms. The van der Waals surface area contributed by atoms with Gasteiger partial charge in [-0.15, -0.1) is 0 Å². The average molecular weight is 927 g/mol. The summed E-state index contributed by atoms with van der Waals surface area (Å²) in [6.45, 7) is 1.57. The summed E-state index contributed by atoms with van der Waals surface area (Å²) in [5.74, 6) is 2.92. The number of ketones is 2. The van der Waals surface area contributed by atoms with Crippen LogP contribution < -0.4 is 44.3 Å². The van der Waals surface area contributed by atoms with E-state index in [0.717, 1.165) is 23.0 Å². The number of esters is 2. The molecule has 5 aromatic rings. The second kappa shape index (κ2) is 30.1. The minimum atomic E-state index is -2.37. The monoisotopic (exact) mass is 926 g/mol. The van der Waals surface area contributed by atoms with Gasteiger partial charge in [0.25, 0.3) is 0 Å². The highest BCUT2D eigenvalue weighted by atomic mass is 31.2. The SMILES string of the molecule is CCOC(=O)CC(=O)/C=C/c1ccc(OC)c(OC)c1OC.CCOC(=O)CC(=O)C=P(c1ccccc1)(c1ccccc1)c1ccccc1.CO.COc1ccc(C=O)c(OC)c1OC. The molecular formula is C51H59O14P. The van der Waals surface area contributed by atoms with Crippen molar-refractivity contribution in [3.05, 3.63) is 132 Å². The molecule has 352 valence electrons. The van der Waals surface area contributed by atoms with E-state index in [4.69, 9.17) is 43.0 Å². The molecule has 0 aliphatic rings. The summed E-state index contributed by atoms with van der Waals surface area (Å²) in [5.41, 5.74) is 1.07. The Balaban J connectivity index is 0.000000352. The maximum absolute atomic E-state index is 12.9. The highest BCUT2D eigenvalue weighted by Crippen LogP contribution is 2.44. The van der Waals surface area contributed by atoms with Crippen LogP contribution >= 0.6 is 6.89 Å². The second-order valence-corrected chi connectivity index (χ2v) is 16.3. The fourth-order valence-electron chi connectivity index (χ4n) is 6.34. The van der Waals surface area contributed by atoms with Crippen LogP contribution in [0.25, 0.3) is 6.08 Å². The number of carbonyl (C=O) groups excluding carboxylic acids is 5. The molecule has 0 unspecified atom stereocenters. The first-order valence-corrected chi connectivity index (χ1v) is 22.3. The fraction of sp³-hybridized carbons (Fsp3) is 0.255. The number of aliphatic hydroxyl groups excluding tert-OH is 1. The number of rotatable bonds is 19. The predicted molar refractivity (Wildman–Crippen MR) is 258 cm³/mol. The molecule has 0 heterocycles. The Morgan fingerprint density at radius 3 is 1.20 bits per heavy atom. The van der Waals surface area contributed by atoms with Crippen molar-refractivity contribution in [2.75, 3.05) is 63.0 Å². The summed E-state index contributed by atoms with van der Waals surface area (Å²) in [6, 6.07) is 36.9. The quantitative estimate of drug-likeness (QED) is 0.0305. The van der Waals surface area contributed by atoms with Crippen molar-refractivity contribution >= 4 is 64.5 Å². The zero-order valence-electron chi connectivity index (χ0n) is 38.8. The first-order chi connectivity index (χ1) is 32.0. The molecule has 0 aliphatic carbocycles. The molecule has 15 heteroatoms. The van der Waals surface area contributed by atoms with E-state index < -0.39 is 18.8 Å². The zero-order valence-corrected chi connectivity index (χ0v) is 39.7. The number of aldehydes is 1. The van der Waals surface area contributed by atoms with Crippen molar-refractivity contribution in [1.29, 1.82) is 0 Å². The van der Waals surface area contributed by atoms with Gasteiger partial charge in [-0.3, -0.25) is 24.0 Å². The number of allylic oxidation sites excluding steroid dienone is 1. The lowest BCUT2D eigenvalue weighted by atomic mass is 10.1. The molecular weight excluding hydrogens is 868 g/mol. The summed E-state index contributed by atoms with van der Waals surface area (Å²) < 4.78 is 40.7. The van der Waals surface area contributed by atoms with Gasteiger partial charge in [-0.2, -0.15) is 0 Å². The molecule has 0 radical (unpaired) electrons. The first-order valence-electron chi connectivity index (χ1n) is 20.5. The summed E-state index contributed by atoms with van der Waals surface area (Å²) in [5, 5.41) is 10.2. The van der Waals surface area contributed by atoms with E-state index in [1.807, 2.05) is 54.6 Å². The number of hydrogen-bond acceptors (Lipinski definition) is 14. The Labute approximate surface area is 387 Å². The van der Waals surface area contributed by atoms with Gasteiger partial charge in [0.2, 0.25) is 11.5 Å². The van der Waals surface area contributed by atoms with Gasteiger partial charge in [0.15, 0.2) is 40.9 Å². The molecule has 1 N–H and O–H groups in total. The molecule has 0 atom stereocenters. The van der Waals surface area contributed by atoms with E-state index in [1.165, 1.54) is 48.7 Å². The van der Waals surface area contributed by atoms with Gasteiger partial charge in [0.1, 0.15) is 12.8 Å². The third-order valence-corrected chi connectivity index (χ3v) is 13.1. The summed E-state index contributed by atoms with van der Waals surface area (Å²) in [7, 11) is 10.0. The van der Waals surface area contributed by atoms with Crippen LogP contribution in [0.4, 0.5) is 0 Å². The summed E-state index contributed by atoms with van der Waals surface area (Å²) in [4.78, 5) is 58.4. The molecule has 5 aromatic carbocycles. The van der Waals surface area contributed by atoms with Crippen LogP contribution in [0.15, 0.2) is 121 Å². The maximum Gasteiger partial charge on any atom is 0.313 e. The minimum Gasteiger partial charge on any atom is -0.493 e. The Hall–Kier alpha value is -7.15. The average Bonchev–Trinajstić information content (AvgIpc) is 3.35. The van der Waals surface area contributed by atoms with Crippen LogP contribution in [0.2, 0.25) is 0 Å². The van der Waals surface area contributed by atoms with Crippen LogP contribution in [0, 0.1) is 0 Å². The number of hydrogen-bond donors (Lipinski definition) is 1. The predicted octanol–water partition coefficient (Wildman–Crippen LogP) is 6.69. The number of Topliss-reactive ketones (excluding diaryl/α,β-unsaturated/α-hetero) is 1. The van der Waals surface area contributed by atoms with Gasteiger partial charge in [-0.25, -0.2) is 0 Å². The lowest BCUT2D eigenvalue weighted by Gasteiger charge is -2.28. The number of methoxy groups -OCH3 is 6. The molecule has 66 heavy (non-hydrogen) atoms. The molecule has 14 nitrogen and oxygen atoms in total. The van der Waals surface area contributed by atoms with Crippen molar-refractivity contribution in [3.8, 4) is 34.5 Å². The topological polar surface area (TPSA) is 179 Å². The molecule has 0 bridgehead atoms. The van der Waals surface area contributed by atoms with Crippen LogP contribution in [0.3, 0.4) is 0 Å². The molecule has 5 rings (SSSR count). The van der Waals surface area contributed by atoms with Crippen molar-refractivity contribution < 1.29 is 67.0 Å². The van der Waals surface area contributed by atoms with E-state index in [1.54, 1.807) is 50.0 Å². The third kappa shape index (κ3) is 15.5. The fourth-order valence-corrected chi connectivity index (χ4v) is 10.1. The van der Waals surface area contributed by atoms with E-state index in [2.05, 4.69) is 36.4 Å². The molecule has 0 saturated carbocycles. The van der Waals surface area contributed by atoms with E-state index in [9.17, 15) is 24.0 Å². The number of aliphatic hydroxyl groups is 1. The second-order valence-electron chi connectivity index (χ2n) is 13.1. The van der Waals surface area contributed by atoms with Gasteiger partial charge in [0.05, 0.1) is 61.4 Å². The third-order valence-electron chi connectivity index (χ3n) is 9.12. The Bertz CT molecular complexity index is 2280. The van der Waals surface area contributed by atoms with Crippen molar-refractivity contribution in [1.82, 2.24) is 0 Å².